The Morgan fingerprint density at radius 1 is 1.05 bits per heavy atom. The van der Waals surface area contributed by atoms with Crippen molar-refractivity contribution in [3.05, 3.63) is 69.3 Å². The summed E-state index contributed by atoms with van der Waals surface area (Å²) >= 11 is 2.27. The average Bonchev–Trinajstić information content (AvgIpc) is 2.40. The van der Waals surface area contributed by atoms with E-state index >= 15 is 0 Å². The molecule has 20 heavy (non-hydrogen) atoms. The van der Waals surface area contributed by atoms with Crippen LogP contribution in [0.3, 0.4) is 0 Å². The molecule has 0 heterocycles. The molecule has 0 aliphatic carbocycles. The molecule has 108 valence electrons. The highest BCUT2D eigenvalue weighted by atomic mass is 127. The van der Waals surface area contributed by atoms with Crippen molar-refractivity contribution in [1.82, 2.24) is 4.90 Å². The summed E-state index contributed by atoms with van der Waals surface area (Å²) < 4.78 is 1.11. The highest BCUT2D eigenvalue weighted by Crippen LogP contribution is 2.20. The van der Waals surface area contributed by atoms with Gasteiger partial charge in [-0.2, -0.15) is 0 Å². The van der Waals surface area contributed by atoms with Crippen LogP contribution in [0.15, 0.2) is 54.6 Å². The normalized spacial score (nSPS) is 12.0. The molecule has 4 heteroatoms. The third kappa shape index (κ3) is 5.05. The first-order valence-electron chi connectivity index (χ1n) is 6.32. The number of nitrogens with zero attached hydrogens (tertiary/aromatic N) is 1. The maximum absolute atomic E-state index is 10.3. The Bertz CT molecular complexity index is 521. The van der Waals surface area contributed by atoms with E-state index in [1.165, 1.54) is 5.56 Å². The average molecular weight is 404 g/mol. The van der Waals surface area contributed by atoms with Crippen LogP contribution in [0.5, 0.6) is 0 Å². The summed E-state index contributed by atoms with van der Waals surface area (Å²) in [5.41, 5.74) is 2.27. The molecule has 0 radical (unpaired) electrons. The van der Waals surface area contributed by atoms with Crippen molar-refractivity contribution in [3.63, 3.8) is 0 Å². The molecule has 0 bridgehead atoms. The lowest BCUT2D eigenvalue weighted by molar-refractivity contribution is 0.123. The quantitative estimate of drug-likeness (QED) is 0.766. The highest BCUT2D eigenvalue weighted by Gasteiger charge is 2.13. The van der Waals surface area contributed by atoms with E-state index in [0.717, 1.165) is 15.7 Å². The van der Waals surface area contributed by atoms with E-state index in [2.05, 4.69) is 39.6 Å². The van der Waals surface area contributed by atoms with Crippen molar-refractivity contribution in [3.8, 4) is 0 Å². The maximum Gasteiger partial charge on any atom is 0.0927 e. The second kappa shape index (κ2) is 8.62. The van der Waals surface area contributed by atoms with E-state index in [1.54, 1.807) is 0 Å². The summed E-state index contributed by atoms with van der Waals surface area (Å²) in [7, 11) is 2.03. The van der Waals surface area contributed by atoms with Gasteiger partial charge in [0.15, 0.2) is 0 Å². The Labute approximate surface area is 140 Å². The third-order valence-electron chi connectivity index (χ3n) is 3.04. The number of hydrogen-bond acceptors (Lipinski definition) is 2. The molecule has 0 aromatic heterocycles. The lowest BCUT2D eigenvalue weighted by Gasteiger charge is -2.21. The van der Waals surface area contributed by atoms with Gasteiger partial charge in [0, 0.05) is 16.7 Å². The van der Waals surface area contributed by atoms with E-state index in [4.69, 9.17) is 0 Å². The predicted octanol–water partition coefficient (Wildman–Crippen LogP) is 3.88. The Hall–Kier alpha value is -0.620. The van der Waals surface area contributed by atoms with Crippen molar-refractivity contribution in [2.45, 2.75) is 12.6 Å². The van der Waals surface area contributed by atoms with Crippen LogP contribution in [-0.2, 0) is 6.54 Å². The number of rotatable bonds is 5. The van der Waals surface area contributed by atoms with Gasteiger partial charge in [0.05, 0.1) is 6.10 Å². The molecule has 1 unspecified atom stereocenters. The van der Waals surface area contributed by atoms with Crippen LogP contribution in [0.2, 0.25) is 0 Å². The van der Waals surface area contributed by atoms with Crippen LogP contribution in [0.25, 0.3) is 0 Å². The molecule has 0 amide bonds. The predicted molar refractivity (Wildman–Crippen MR) is 94.1 cm³/mol. The zero-order chi connectivity index (χ0) is 13.7. The first-order valence-corrected chi connectivity index (χ1v) is 7.39. The van der Waals surface area contributed by atoms with Crippen molar-refractivity contribution in [1.29, 1.82) is 0 Å². The summed E-state index contributed by atoms with van der Waals surface area (Å²) in [5.74, 6) is 0. The van der Waals surface area contributed by atoms with Crippen LogP contribution >= 0.6 is 35.0 Å². The van der Waals surface area contributed by atoms with Crippen molar-refractivity contribution in [2.24, 2.45) is 0 Å². The smallest absolute Gasteiger partial charge is 0.0927 e. The van der Waals surface area contributed by atoms with Gasteiger partial charge >= 0.3 is 0 Å². The van der Waals surface area contributed by atoms with E-state index in [1.807, 2.05) is 49.5 Å². The minimum absolute atomic E-state index is 0. The molecular formula is C16H19ClINO. The summed E-state index contributed by atoms with van der Waals surface area (Å²) in [6, 6.07) is 18.3. The number of halogens is 2. The molecule has 2 rings (SSSR count). The Balaban J connectivity index is 0.00000200. The van der Waals surface area contributed by atoms with E-state index in [9.17, 15) is 5.11 Å². The second-order valence-electron chi connectivity index (χ2n) is 4.72. The molecule has 0 aliphatic rings. The van der Waals surface area contributed by atoms with Gasteiger partial charge in [-0.25, -0.2) is 0 Å². The number of likely N-dealkylation sites (N-methyl/N-ethyl adjacent to an activating group) is 1. The number of aliphatic hydroxyl groups is 1. The standard InChI is InChI=1S/C16H18INO.ClH/c1-18(11-13-7-3-2-4-8-13)12-16(19)14-9-5-6-10-15(14)17;/h2-10,16,19H,11-12H2,1H3;1H. The van der Waals surface area contributed by atoms with Crippen LogP contribution in [0.4, 0.5) is 0 Å². The van der Waals surface area contributed by atoms with Gasteiger partial charge in [0.25, 0.3) is 0 Å². The largest absolute Gasteiger partial charge is 0.387 e. The van der Waals surface area contributed by atoms with Crippen LogP contribution in [0.1, 0.15) is 17.2 Å². The van der Waals surface area contributed by atoms with Crippen molar-refractivity contribution < 1.29 is 5.11 Å². The summed E-state index contributed by atoms with van der Waals surface area (Å²) in [4.78, 5) is 2.14. The van der Waals surface area contributed by atoms with Gasteiger partial charge in [-0.1, -0.05) is 48.5 Å². The zero-order valence-corrected chi connectivity index (χ0v) is 14.3. The minimum Gasteiger partial charge on any atom is -0.387 e. The number of benzene rings is 2. The molecule has 0 saturated carbocycles. The molecule has 1 N–H and O–H groups in total. The minimum atomic E-state index is -0.443. The Morgan fingerprint density at radius 3 is 2.30 bits per heavy atom. The maximum atomic E-state index is 10.3. The fraction of sp³-hybridized carbons (Fsp3) is 0.250. The van der Waals surface area contributed by atoms with Crippen LogP contribution in [-0.4, -0.2) is 23.6 Å². The van der Waals surface area contributed by atoms with Gasteiger partial charge < -0.3 is 5.11 Å². The monoisotopic (exact) mass is 403 g/mol. The molecule has 2 aromatic carbocycles. The SMILES string of the molecule is CN(Cc1ccccc1)CC(O)c1ccccc1I.Cl. The number of hydrogen-bond donors (Lipinski definition) is 1. The Kier molecular flexibility index (Phi) is 7.51. The van der Waals surface area contributed by atoms with E-state index < -0.39 is 6.10 Å². The molecule has 0 fully saturated rings. The summed E-state index contributed by atoms with van der Waals surface area (Å²) in [6.07, 6.45) is -0.443. The van der Waals surface area contributed by atoms with Gasteiger partial charge in [0.2, 0.25) is 0 Å². The molecule has 0 spiro atoms. The van der Waals surface area contributed by atoms with Gasteiger partial charge in [-0.15, -0.1) is 12.4 Å². The molecule has 2 aromatic rings. The summed E-state index contributed by atoms with van der Waals surface area (Å²) in [6.45, 7) is 1.48. The summed E-state index contributed by atoms with van der Waals surface area (Å²) in [5, 5.41) is 10.3. The third-order valence-corrected chi connectivity index (χ3v) is 4.03. The first kappa shape index (κ1) is 17.4. The topological polar surface area (TPSA) is 23.5 Å². The lowest BCUT2D eigenvalue weighted by Crippen LogP contribution is -2.24. The van der Waals surface area contributed by atoms with E-state index in [0.29, 0.717) is 6.54 Å². The second-order valence-corrected chi connectivity index (χ2v) is 5.88. The van der Waals surface area contributed by atoms with Crippen molar-refractivity contribution >= 4 is 35.0 Å². The molecule has 2 nitrogen and oxygen atoms in total. The molecule has 0 saturated heterocycles. The Morgan fingerprint density at radius 2 is 1.65 bits per heavy atom. The fourth-order valence-electron chi connectivity index (χ4n) is 2.10. The van der Waals surface area contributed by atoms with Crippen molar-refractivity contribution in [2.75, 3.05) is 13.6 Å². The number of aliphatic hydroxyl groups excluding tert-OH is 1. The molecule has 0 aliphatic heterocycles. The fourth-order valence-corrected chi connectivity index (χ4v) is 2.85. The lowest BCUT2D eigenvalue weighted by atomic mass is 10.1. The first-order chi connectivity index (χ1) is 9.16. The van der Waals surface area contributed by atoms with Gasteiger partial charge in [-0.3, -0.25) is 4.90 Å². The molecular weight excluding hydrogens is 385 g/mol. The van der Waals surface area contributed by atoms with Gasteiger partial charge in [0.1, 0.15) is 0 Å². The molecule has 1 atom stereocenters. The van der Waals surface area contributed by atoms with Crippen LogP contribution in [0, 0.1) is 3.57 Å². The zero-order valence-electron chi connectivity index (χ0n) is 11.4. The highest BCUT2D eigenvalue weighted by molar-refractivity contribution is 14.1. The van der Waals surface area contributed by atoms with E-state index in [-0.39, 0.29) is 12.4 Å². The van der Waals surface area contributed by atoms with Crippen LogP contribution < -0.4 is 0 Å². The van der Waals surface area contributed by atoms with Gasteiger partial charge in [-0.05, 0) is 46.8 Å².